The second-order valence-corrected chi connectivity index (χ2v) is 24.0. The minimum absolute atomic E-state index is 0.102. The Morgan fingerprint density at radius 1 is 0.457 bits per heavy atom. The molecule has 1 N–H and O–H groups in total. The van der Waals surface area contributed by atoms with Crippen molar-refractivity contribution in [3.8, 4) is 54.3 Å². The summed E-state index contributed by atoms with van der Waals surface area (Å²) in [6.45, 7) is 11.6. The molecule has 3 aromatic heterocycles. The van der Waals surface area contributed by atoms with Crippen molar-refractivity contribution in [1.29, 1.82) is 0 Å². The zero-order valence-electron chi connectivity index (χ0n) is 54.6. The van der Waals surface area contributed by atoms with E-state index in [0.717, 1.165) is 170 Å². The number of ether oxygens (including phenoxy) is 3. The van der Waals surface area contributed by atoms with Gasteiger partial charge in [0.2, 0.25) is 17.5 Å². The highest BCUT2D eigenvalue weighted by Crippen LogP contribution is 2.41. The molecule has 0 bridgehead atoms. The minimum atomic E-state index is 0.102. The van der Waals surface area contributed by atoms with Crippen molar-refractivity contribution in [3.05, 3.63) is 167 Å². The molecular weight excluding hydrogens is 1140 g/mol. The fraction of sp³-hybridized carbons (Fsp3) is 0.377. The van der Waals surface area contributed by atoms with Crippen LogP contribution in [0.25, 0.3) is 32.7 Å². The first-order chi connectivity index (χ1) is 45.0. The van der Waals surface area contributed by atoms with E-state index in [0.29, 0.717) is 41.8 Å². The third-order valence-electron chi connectivity index (χ3n) is 18.3. The summed E-state index contributed by atoms with van der Waals surface area (Å²) < 4.78 is 16.8. The molecule has 3 saturated heterocycles. The molecule has 92 heavy (non-hydrogen) atoms. The Kier molecular flexibility index (Phi) is 22.3. The molecule has 0 aliphatic carbocycles. The summed E-state index contributed by atoms with van der Waals surface area (Å²) in [6.07, 6.45) is 27.8. The number of fused-ring (bicyclic) bond motifs is 3. The number of aromatic nitrogens is 6. The molecule has 0 unspecified atom stereocenters. The van der Waals surface area contributed by atoms with Gasteiger partial charge in [-0.3, -0.25) is 0 Å². The molecule has 6 aromatic carbocycles. The van der Waals surface area contributed by atoms with Crippen LogP contribution in [0.5, 0.6) is 17.2 Å². The average molecular weight is 1230 g/mol. The van der Waals surface area contributed by atoms with Crippen LogP contribution in [0, 0.1) is 37.0 Å². The Labute approximate surface area is 544 Å². The van der Waals surface area contributed by atoms with E-state index in [9.17, 15) is 5.11 Å². The highest BCUT2D eigenvalue weighted by Gasteiger charge is 2.29. The number of hydrogen-bond acceptors (Lipinski definition) is 15. The van der Waals surface area contributed by atoms with Gasteiger partial charge in [-0.1, -0.05) is 80.9 Å². The van der Waals surface area contributed by atoms with E-state index in [-0.39, 0.29) is 6.61 Å². The molecule has 15 heteroatoms. The van der Waals surface area contributed by atoms with Crippen LogP contribution in [0.2, 0.25) is 0 Å². The lowest BCUT2D eigenvalue weighted by Gasteiger charge is -2.34. The van der Waals surface area contributed by atoms with Crippen LogP contribution in [0.15, 0.2) is 127 Å². The number of aliphatic hydroxyl groups is 1. The van der Waals surface area contributed by atoms with Gasteiger partial charge in [-0.25, -0.2) is 29.9 Å². The van der Waals surface area contributed by atoms with Crippen molar-refractivity contribution < 1.29 is 19.3 Å². The number of para-hydroxylation sites is 3. The van der Waals surface area contributed by atoms with Crippen LogP contribution >= 0.6 is 0 Å². The second kappa shape index (κ2) is 31.4. The van der Waals surface area contributed by atoms with Crippen LogP contribution in [-0.4, -0.2) is 129 Å². The zero-order chi connectivity index (χ0) is 64.5. The van der Waals surface area contributed by atoms with Gasteiger partial charge in [0.05, 0.1) is 44.5 Å². The quantitative estimate of drug-likeness (QED) is 0.0814. The van der Waals surface area contributed by atoms with Crippen LogP contribution in [0.3, 0.4) is 0 Å². The number of anilines is 5. The van der Waals surface area contributed by atoms with Crippen LogP contribution in [-0.2, 0) is 6.42 Å². The molecular formula is C77H87N11O4. The molecule has 0 radical (unpaired) electrons. The summed E-state index contributed by atoms with van der Waals surface area (Å²) >= 11 is 0. The van der Waals surface area contributed by atoms with E-state index in [4.69, 9.17) is 48.4 Å². The van der Waals surface area contributed by atoms with Gasteiger partial charge < -0.3 is 43.8 Å². The minimum Gasteiger partial charge on any atom is -0.496 e. The van der Waals surface area contributed by atoms with Gasteiger partial charge in [-0.05, 0) is 182 Å². The molecule has 3 fully saturated rings. The van der Waals surface area contributed by atoms with Gasteiger partial charge in [0, 0.05) is 94.0 Å². The van der Waals surface area contributed by atoms with Gasteiger partial charge in [-0.2, -0.15) is 0 Å². The maximum Gasteiger partial charge on any atom is 0.207 e. The van der Waals surface area contributed by atoms with E-state index in [1.807, 2.05) is 54.4 Å². The number of terminal acetylenes is 3. The predicted octanol–water partition coefficient (Wildman–Crippen LogP) is 13.6. The standard InChI is InChI=1S/C26H30N4O.C26H29N3O.C25H28N4O2/c1-5-15-29(3)20-11-12-23-22(18-20)26(28-25(6-2)27-23)30-16-13-19(14-17-30)21-9-7-8-10-24(21)31-4;1-4-6-9-19-12-13-23-22(18-19)26(28-25(5-2)27-23)29-16-14-20(15-17-29)21-10-7-8-11-24(21)30-3;1-4-24-26-22-10-9-19(28(2)15-16-30)17-21(22)25(27-24)29-13-11-18(12-14-29)20-7-5-6-8-23(20)31-3/h2,7-12,18-19H,5,13-17H2,1,3-4H3;2,7-8,10-13,18,20H,4,6,9,14-17H2,1,3H3;1,5-10,17-18,30H,11-16H2,2-3H3. The summed E-state index contributed by atoms with van der Waals surface area (Å²) in [5.74, 6) is 16.3. The number of hydrogen-bond donors (Lipinski definition) is 1. The average Bonchev–Trinajstić information content (AvgIpc) is 0.817. The maximum atomic E-state index is 9.29. The lowest BCUT2D eigenvalue weighted by atomic mass is 9.88. The van der Waals surface area contributed by atoms with Gasteiger partial charge >= 0.3 is 0 Å². The zero-order valence-corrected chi connectivity index (χ0v) is 54.6. The Morgan fingerprint density at radius 3 is 1.14 bits per heavy atom. The van der Waals surface area contributed by atoms with Gasteiger partial charge in [0.15, 0.2) is 0 Å². The number of nitrogens with zero attached hydrogens (tertiary/aromatic N) is 11. The predicted molar refractivity (Wildman–Crippen MR) is 376 cm³/mol. The summed E-state index contributed by atoms with van der Waals surface area (Å²) in [5.41, 5.74) is 10.1. The van der Waals surface area contributed by atoms with Crippen molar-refractivity contribution in [1.82, 2.24) is 29.9 Å². The SMILES string of the molecule is C#Cc1nc(N2CCC(c3ccccc3OC)CC2)c2cc(CCCC)ccc2n1.C#Cc1nc(N2CCC(c3ccccc3OC)CC2)c2cc(N(C)CCC)ccc2n1.C#Cc1nc(N2CCC(c3ccccc3OC)CC2)c2cc(N(C)CCO)ccc2n1. The topological polar surface area (TPSA) is 141 Å². The summed E-state index contributed by atoms with van der Waals surface area (Å²) in [5, 5.41) is 12.4. The Balaban J connectivity index is 0.000000151. The molecule has 0 saturated carbocycles. The summed E-state index contributed by atoms with van der Waals surface area (Å²) in [7, 11) is 9.31. The van der Waals surface area contributed by atoms with Gasteiger partial charge in [0.1, 0.15) is 34.7 Å². The molecule has 0 spiro atoms. The van der Waals surface area contributed by atoms with Crippen LogP contribution in [0.4, 0.5) is 28.8 Å². The highest BCUT2D eigenvalue weighted by molar-refractivity contribution is 5.94. The van der Waals surface area contributed by atoms with E-state index in [2.05, 4.69) is 158 Å². The van der Waals surface area contributed by atoms with Crippen molar-refractivity contribution in [3.63, 3.8) is 0 Å². The first-order valence-corrected chi connectivity index (χ1v) is 32.5. The molecule has 9 aromatic rings. The number of unbranched alkanes of at least 4 members (excludes halogenated alkanes) is 1. The number of piperidine rings is 3. The molecule has 3 aliphatic heterocycles. The number of aryl methyl sites for hydroxylation is 1. The first-order valence-electron chi connectivity index (χ1n) is 32.5. The summed E-state index contributed by atoms with van der Waals surface area (Å²) in [6, 6.07) is 44.0. The van der Waals surface area contributed by atoms with Gasteiger partial charge in [0.25, 0.3) is 0 Å². The number of benzene rings is 6. The molecule has 0 amide bonds. The van der Waals surface area contributed by atoms with Crippen molar-refractivity contribution in [2.24, 2.45) is 0 Å². The monoisotopic (exact) mass is 1230 g/mol. The van der Waals surface area contributed by atoms with Gasteiger partial charge in [-0.15, -0.1) is 19.3 Å². The lowest BCUT2D eigenvalue weighted by Crippen LogP contribution is -2.34. The molecule has 15 nitrogen and oxygen atoms in total. The largest absolute Gasteiger partial charge is 0.496 e. The normalized spacial score (nSPS) is 14.5. The van der Waals surface area contributed by atoms with Crippen molar-refractivity contribution >= 4 is 61.5 Å². The third-order valence-corrected chi connectivity index (χ3v) is 18.3. The molecule has 0 atom stereocenters. The lowest BCUT2D eigenvalue weighted by molar-refractivity contribution is 0.304. The molecule has 6 heterocycles. The smallest absolute Gasteiger partial charge is 0.207 e. The third kappa shape index (κ3) is 15.2. The first kappa shape index (κ1) is 65.3. The maximum absolute atomic E-state index is 9.29. The number of aliphatic hydroxyl groups excluding tert-OH is 1. The fourth-order valence-electron chi connectivity index (χ4n) is 13.2. The van der Waals surface area contributed by atoms with Crippen LogP contribution < -0.4 is 38.7 Å². The van der Waals surface area contributed by atoms with Crippen molar-refractivity contribution in [2.45, 2.75) is 95.8 Å². The van der Waals surface area contributed by atoms with E-state index in [1.165, 1.54) is 40.8 Å². The molecule has 12 rings (SSSR count). The fourth-order valence-corrected chi connectivity index (χ4v) is 13.2. The Bertz CT molecular complexity index is 3920. The Morgan fingerprint density at radius 2 is 0.804 bits per heavy atom. The number of likely N-dealkylation sites (N-methyl/N-ethyl adjacent to an activating group) is 1. The van der Waals surface area contributed by atoms with Crippen LogP contribution in [0.1, 0.15) is 129 Å². The number of methoxy groups -OCH3 is 3. The second-order valence-electron chi connectivity index (χ2n) is 24.0. The molecule has 3 aliphatic rings. The van der Waals surface area contributed by atoms with E-state index in [1.54, 1.807) is 21.3 Å². The van der Waals surface area contributed by atoms with E-state index < -0.39 is 0 Å². The van der Waals surface area contributed by atoms with E-state index >= 15 is 0 Å². The van der Waals surface area contributed by atoms with Crippen molar-refractivity contribution in [2.75, 3.05) is 119 Å². The highest BCUT2D eigenvalue weighted by atomic mass is 16.5. The summed E-state index contributed by atoms with van der Waals surface area (Å²) in [4.78, 5) is 39.2. The molecule has 474 valence electrons. The number of rotatable bonds is 18. The Hall–Kier alpha value is -9.62.